The van der Waals surface area contributed by atoms with Gasteiger partial charge >= 0.3 is 0 Å². The number of hydrogen-bond acceptors (Lipinski definition) is 1. The van der Waals surface area contributed by atoms with Crippen molar-refractivity contribution in [2.45, 2.75) is 0 Å². The zero-order valence-electron chi connectivity index (χ0n) is 31.4. The maximum Gasteiger partial charge on any atom is 0.135 e. The summed E-state index contributed by atoms with van der Waals surface area (Å²) in [5.41, 5.74) is 1.54. The van der Waals surface area contributed by atoms with Crippen molar-refractivity contribution in [2.75, 3.05) is 0 Å². The van der Waals surface area contributed by atoms with E-state index in [2.05, 4.69) is 0 Å². The summed E-state index contributed by atoms with van der Waals surface area (Å²) >= 11 is 0. The summed E-state index contributed by atoms with van der Waals surface area (Å²) < 4.78 is 103. The summed E-state index contributed by atoms with van der Waals surface area (Å²) in [4.78, 5) is 0. The van der Waals surface area contributed by atoms with Gasteiger partial charge in [0.15, 0.2) is 0 Å². The van der Waals surface area contributed by atoms with E-state index in [1.807, 2.05) is 6.07 Å². The van der Waals surface area contributed by atoms with Gasteiger partial charge in [-0.3, -0.25) is 0 Å². The molecule has 0 aliphatic rings. The third-order valence-electron chi connectivity index (χ3n) is 7.00. The van der Waals surface area contributed by atoms with Crippen molar-refractivity contribution in [1.29, 1.82) is 0 Å². The minimum absolute atomic E-state index is 0.000451. The Labute approximate surface area is 242 Å². The summed E-state index contributed by atoms with van der Waals surface area (Å²) in [6.45, 7) is 0. The predicted octanol–water partition coefficient (Wildman–Crippen LogP) is 10.9. The van der Waals surface area contributed by atoms with Crippen molar-refractivity contribution < 1.29 is 19.5 Å². The van der Waals surface area contributed by atoms with Crippen LogP contribution in [0.2, 0.25) is 0 Å². The predicted molar refractivity (Wildman–Crippen MR) is 165 cm³/mol. The first kappa shape index (κ1) is 13.6. The summed E-state index contributed by atoms with van der Waals surface area (Å²) in [7, 11) is 0. The third-order valence-corrected chi connectivity index (χ3v) is 7.00. The third kappa shape index (κ3) is 3.48. The van der Waals surface area contributed by atoms with Gasteiger partial charge in [0, 0.05) is 10.8 Å². The quantitative estimate of drug-likeness (QED) is 0.217. The lowest BCUT2D eigenvalue weighted by molar-refractivity contribution is 0.669. The van der Waals surface area contributed by atoms with Crippen molar-refractivity contribution in [2.24, 2.45) is 0 Å². The molecule has 0 aliphatic carbocycles. The lowest BCUT2D eigenvalue weighted by Gasteiger charge is -2.18. The highest BCUT2D eigenvalue weighted by Gasteiger charge is 2.18. The van der Waals surface area contributed by atoms with Crippen LogP contribution in [0.1, 0.15) is 15.1 Å². The monoisotopic (exact) mass is 507 g/mol. The molecule has 0 bridgehead atoms. The minimum Gasteiger partial charge on any atom is -0.456 e. The molecule has 0 saturated carbocycles. The molecule has 0 fully saturated rings. The molecule has 0 N–H and O–H groups in total. The van der Waals surface area contributed by atoms with Gasteiger partial charge in [-0.15, -0.1) is 0 Å². The van der Waals surface area contributed by atoms with E-state index in [0.717, 1.165) is 0 Å². The SMILES string of the molecule is [2H]c1c([2H])c(-c2ccccc2)c([2H])c(-c2c3ccccc3c(-c3c([2H])c([2H])c4oc5c([2H])c([2H])c([2H])c([2H])c5c4c3[2H])c3ccccc23)c1[2H]. The van der Waals surface area contributed by atoms with E-state index in [0.29, 0.717) is 38.2 Å². The van der Waals surface area contributed by atoms with Gasteiger partial charge in [-0.1, -0.05) is 121 Å². The van der Waals surface area contributed by atoms with E-state index < -0.39 is 24.2 Å². The first-order chi connectivity index (χ1) is 24.0. The first-order valence-corrected chi connectivity index (χ1v) is 12.5. The molecule has 7 aromatic carbocycles. The van der Waals surface area contributed by atoms with Crippen LogP contribution >= 0.6 is 0 Å². The van der Waals surface area contributed by atoms with Gasteiger partial charge in [0.05, 0.1) is 15.1 Å². The number of hydrogen-bond donors (Lipinski definition) is 0. The van der Waals surface area contributed by atoms with Gasteiger partial charge in [0.1, 0.15) is 11.2 Å². The van der Waals surface area contributed by atoms with E-state index in [1.54, 1.807) is 72.8 Å². The zero-order valence-corrected chi connectivity index (χ0v) is 20.4. The molecule has 0 atom stereocenters. The average Bonchev–Trinajstić information content (AvgIpc) is 3.54. The molecule has 1 heteroatoms. The Morgan fingerprint density at radius 2 is 0.949 bits per heavy atom. The van der Waals surface area contributed by atoms with Crippen LogP contribution in [0.4, 0.5) is 0 Å². The van der Waals surface area contributed by atoms with Crippen LogP contribution in [0.25, 0.3) is 76.9 Å². The van der Waals surface area contributed by atoms with Crippen LogP contribution in [0.5, 0.6) is 0 Å². The smallest absolute Gasteiger partial charge is 0.135 e. The number of rotatable bonds is 3. The first-order valence-electron chi connectivity index (χ1n) is 18.0. The van der Waals surface area contributed by atoms with Crippen LogP contribution in [0.3, 0.4) is 0 Å². The van der Waals surface area contributed by atoms with E-state index >= 15 is 0 Å². The minimum atomic E-state index is -0.509. The standard InChI is InChI=1S/C38H24O/c1-2-11-25(12-3-1)26-13-10-14-27(23-26)37-30-16-4-6-18-32(30)38(33-19-7-5-17-31(33)37)28-21-22-36-34(24-28)29-15-8-9-20-35(29)39-36/h1-24H/i8D,9D,10D,13D,14D,15D,20D,21D,22D,23D,24D. The largest absolute Gasteiger partial charge is 0.456 e. The van der Waals surface area contributed by atoms with Gasteiger partial charge in [-0.25, -0.2) is 0 Å². The molecule has 0 aliphatic heterocycles. The number of para-hydroxylation sites is 1. The highest BCUT2D eigenvalue weighted by atomic mass is 16.3. The maximum absolute atomic E-state index is 9.49. The molecule has 1 heterocycles. The van der Waals surface area contributed by atoms with Crippen molar-refractivity contribution in [3.05, 3.63) is 145 Å². The van der Waals surface area contributed by atoms with Gasteiger partial charge in [0.2, 0.25) is 0 Å². The van der Waals surface area contributed by atoms with E-state index in [1.165, 1.54) is 0 Å². The Bertz CT molecular complexity index is 2710. The lowest BCUT2D eigenvalue weighted by Crippen LogP contribution is -1.91. The Morgan fingerprint density at radius 1 is 0.385 bits per heavy atom. The number of benzene rings is 7. The summed E-state index contributed by atoms with van der Waals surface area (Å²) in [5.74, 6) is 0. The lowest BCUT2D eigenvalue weighted by atomic mass is 9.85. The van der Waals surface area contributed by atoms with Crippen LogP contribution < -0.4 is 0 Å². The van der Waals surface area contributed by atoms with Crippen molar-refractivity contribution >= 4 is 43.5 Å². The molecule has 0 amide bonds. The molecule has 0 saturated heterocycles. The molecule has 0 unspecified atom stereocenters. The molecule has 8 aromatic rings. The molecule has 1 nitrogen and oxygen atoms in total. The summed E-state index contributed by atoms with van der Waals surface area (Å²) in [5, 5.41) is 2.16. The Balaban J connectivity index is 1.56. The molecule has 8 rings (SSSR count). The van der Waals surface area contributed by atoms with Crippen LogP contribution in [-0.4, -0.2) is 0 Å². The second-order valence-electron chi connectivity index (χ2n) is 9.22. The van der Waals surface area contributed by atoms with Gasteiger partial charge < -0.3 is 4.42 Å². The van der Waals surface area contributed by atoms with Gasteiger partial charge in [-0.05, 0) is 79.1 Å². The summed E-state index contributed by atoms with van der Waals surface area (Å²) in [6.07, 6.45) is 0. The Kier molecular flexibility index (Phi) is 3.04. The van der Waals surface area contributed by atoms with Crippen molar-refractivity contribution in [3.63, 3.8) is 0 Å². The van der Waals surface area contributed by atoms with Gasteiger partial charge in [-0.2, -0.15) is 0 Å². The molecule has 0 spiro atoms. The van der Waals surface area contributed by atoms with E-state index in [4.69, 9.17) is 15.4 Å². The molecular formula is C38H24O. The number of furan rings is 1. The molecule has 0 radical (unpaired) electrons. The van der Waals surface area contributed by atoms with E-state index in [9.17, 15) is 4.11 Å². The zero-order chi connectivity index (χ0) is 35.3. The molecule has 39 heavy (non-hydrogen) atoms. The Morgan fingerprint density at radius 3 is 1.64 bits per heavy atom. The second-order valence-corrected chi connectivity index (χ2v) is 9.22. The maximum atomic E-state index is 9.49. The Hall–Kier alpha value is -5.14. The van der Waals surface area contributed by atoms with E-state index in [-0.39, 0.29) is 80.9 Å². The molecule has 182 valence electrons. The van der Waals surface area contributed by atoms with Gasteiger partial charge in [0.25, 0.3) is 0 Å². The fourth-order valence-electron chi connectivity index (χ4n) is 5.31. The molecular weight excluding hydrogens is 472 g/mol. The highest BCUT2D eigenvalue weighted by molar-refractivity contribution is 6.22. The van der Waals surface area contributed by atoms with Crippen LogP contribution in [0.15, 0.2) is 150 Å². The molecule has 1 aromatic heterocycles. The average molecular weight is 508 g/mol. The van der Waals surface area contributed by atoms with Crippen molar-refractivity contribution in [1.82, 2.24) is 0 Å². The fourth-order valence-corrected chi connectivity index (χ4v) is 5.31. The second kappa shape index (κ2) is 8.72. The highest BCUT2D eigenvalue weighted by Crippen LogP contribution is 2.45. The summed E-state index contributed by atoms with van der Waals surface area (Å²) in [6, 6.07) is 19.5. The number of fused-ring (bicyclic) bond motifs is 5. The van der Waals surface area contributed by atoms with Crippen LogP contribution in [0, 0.1) is 0 Å². The fraction of sp³-hybridized carbons (Fsp3) is 0. The van der Waals surface area contributed by atoms with Crippen molar-refractivity contribution in [3.8, 4) is 33.4 Å². The topological polar surface area (TPSA) is 13.1 Å². The normalized spacial score (nSPS) is 15.5. The van der Waals surface area contributed by atoms with Crippen LogP contribution in [-0.2, 0) is 0 Å².